The maximum Gasteiger partial charge on any atom is 0.462 e. The van der Waals surface area contributed by atoms with Crippen LogP contribution >= 0.6 is 0 Å². The van der Waals surface area contributed by atoms with E-state index in [9.17, 15) is 158 Å². The predicted octanol–water partition coefficient (Wildman–Crippen LogP) is 10.5. The molecule has 0 aliphatic carbocycles. The lowest BCUT2D eigenvalue weighted by atomic mass is 10.2. The van der Waals surface area contributed by atoms with Crippen LogP contribution in [0.3, 0.4) is 0 Å². The molecule has 360 valence electrons. The van der Waals surface area contributed by atoms with Crippen LogP contribution in [-0.2, 0) is 28.5 Å². The molecule has 0 aliphatic rings. The lowest BCUT2D eigenvalue weighted by Crippen LogP contribution is -2.73. The largest absolute Gasteiger partial charge is 0.477 e. The molecule has 0 unspecified atom stereocenters. The van der Waals surface area contributed by atoms with Crippen LogP contribution in [0.4, 0.5) is 154 Å². The molecule has 42 heteroatoms. The van der Waals surface area contributed by atoms with E-state index in [4.69, 9.17) is 5.11 Å². The summed E-state index contributed by atoms with van der Waals surface area (Å²) in [6.07, 6.45) is -98.3. The first-order valence-electron chi connectivity index (χ1n) is 12.1. The van der Waals surface area contributed by atoms with Gasteiger partial charge in [0.2, 0.25) is 0 Å². The lowest BCUT2D eigenvalue weighted by molar-refractivity contribution is -0.600. The van der Waals surface area contributed by atoms with Gasteiger partial charge in [0.1, 0.15) is 0 Å². The second-order valence-corrected chi connectivity index (χ2v) is 9.94. The van der Waals surface area contributed by atoms with Crippen molar-refractivity contribution in [3.63, 3.8) is 0 Å². The van der Waals surface area contributed by atoms with Crippen LogP contribution in [0.5, 0.6) is 0 Å². The van der Waals surface area contributed by atoms with E-state index in [2.05, 4.69) is 0 Å². The quantitative estimate of drug-likeness (QED) is 0.154. The summed E-state index contributed by atoms with van der Waals surface area (Å²) >= 11 is 0. The Morgan fingerprint density at radius 1 is 0.267 bits per heavy atom. The molecule has 0 saturated carbocycles. The fourth-order valence-corrected chi connectivity index (χ4v) is 2.73. The summed E-state index contributed by atoms with van der Waals surface area (Å²) in [6.45, 7) is 0. The maximum atomic E-state index is 14.6. The van der Waals surface area contributed by atoms with Gasteiger partial charge < -0.3 is 5.11 Å². The van der Waals surface area contributed by atoms with E-state index in [0.717, 1.165) is 9.47 Å². The number of rotatable bonds is 16. The zero-order chi connectivity index (χ0) is 49.6. The van der Waals surface area contributed by atoms with E-state index >= 15 is 0 Å². The van der Waals surface area contributed by atoms with E-state index in [1.54, 1.807) is 0 Å². The van der Waals surface area contributed by atoms with Gasteiger partial charge in [0.15, 0.2) is 0 Å². The second-order valence-electron chi connectivity index (χ2n) is 9.94. The van der Waals surface area contributed by atoms with Crippen LogP contribution in [0.2, 0.25) is 0 Å². The molecule has 0 heterocycles. The van der Waals surface area contributed by atoms with Gasteiger partial charge in [-0.2, -0.15) is 154 Å². The Morgan fingerprint density at radius 3 is 0.600 bits per heavy atom. The molecule has 0 aromatic heterocycles. The fourth-order valence-electron chi connectivity index (χ4n) is 2.73. The molecule has 0 spiro atoms. The van der Waals surface area contributed by atoms with Crippen LogP contribution in [0, 0.1) is 0 Å². The highest BCUT2D eigenvalue weighted by atomic mass is 19.5. The highest BCUT2D eigenvalue weighted by Gasteiger charge is 2.91. The third kappa shape index (κ3) is 9.14. The van der Waals surface area contributed by atoms with Crippen LogP contribution in [-0.4, -0.2) is 114 Å². The molecule has 0 fully saturated rings. The molecule has 0 aromatic carbocycles. The maximum absolute atomic E-state index is 14.6. The van der Waals surface area contributed by atoms with Crippen LogP contribution < -0.4 is 0 Å². The normalized spacial score (nSPS) is 20.7. The molecule has 0 bridgehead atoms. The number of halogens is 35. The van der Waals surface area contributed by atoms with Crippen LogP contribution in [0.25, 0.3) is 0 Å². The van der Waals surface area contributed by atoms with Crippen LogP contribution in [0.15, 0.2) is 0 Å². The molecule has 0 saturated heterocycles. The molecule has 60 heavy (non-hydrogen) atoms. The van der Waals surface area contributed by atoms with Crippen molar-refractivity contribution in [3.8, 4) is 0 Å². The highest BCUT2D eigenvalue weighted by Crippen LogP contribution is 2.62. The lowest BCUT2D eigenvalue weighted by Gasteiger charge is -2.44. The minimum absolute atomic E-state index is 0.672. The Hall–Kier alpha value is -3.18. The number of hydrogen-bond donors (Lipinski definition) is 1. The summed E-state index contributed by atoms with van der Waals surface area (Å²) < 4.78 is 472. The predicted molar refractivity (Wildman–Crippen MR) is 98.3 cm³/mol. The Kier molecular flexibility index (Phi) is 13.9. The second kappa shape index (κ2) is 14.7. The molecule has 0 aliphatic heterocycles. The summed E-state index contributed by atoms with van der Waals surface area (Å²) in [5.74, 6) is -58.6. The summed E-state index contributed by atoms with van der Waals surface area (Å²) in [4.78, 5) is 10.3. The van der Waals surface area contributed by atoms with Crippen molar-refractivity contribution in [1.82, 2.24) is 0 Å². The van der Waals surface area contributed by atoms with Crippen molar-refractivity contribution < 1.29 is 187 Å². The van der Waals surface area contributed by atoms with Crippen molar-refractivity contribution in [2.45, 2.75) is 103 Å². The van der Waals surface area contributed by atoms with Crippen molar-refractivity contribution >= 4 is 5.97 Å². The number of hydrogen-bond acceptors (Lipinski definition) is 6. The average Bonchev–Trinajstić information content (AvgIpc) is 2.91. The summed E-state index contributed by atoms with van der Waals surface area (Å²) in [7, 11) is 0. The Labute approximate surface area is 297 Å². The topological polar surface area (TPSA) is 83.5 Å². The van der Waals surface area contributed by atoms with Crippen LogP contribution in [0.1, 0.15) is 0 Å². The zero-order valence-corrected chi connectivity index (χ0v) is 25.1. The van der Waals surface area contributed by atoms with Gasteiger partial charge in [-0.25, -0.2) is 4.79 Å². The van der Waals surface area contributed by atoms with E-state index in [1.807, 2.05) is 0 Å². The summed E-state index contributed by atoms with van der Waals surface area (Å²) in [5.41, 5.74) is 0. The van der Waals surface area contributed by atoms with Gasteiger partial charge in [0, 0.05) is 0 Å². The first-order chi connectivity index (χ1) is 25.2. The fraction of sp³-hybridized carbons (Fsp3) is 0.944. The molecule has 0 radical (unpaired) electrons. The molecular weight excluding hydrogens is 993 g/mol. The highest BCUT2D eigenvalue weighted by molar-refractivity contribution is 5.76. The molecule has 0 aromatic rings. The number of alkyl halides is 35. The van der Waals surface area contributed by atoms with Gasteiger partial charge >= 0.3 is 109 Å². The molecule has 0 rings (SSSR count). The van der Waals surface area contributed by atoms with Gasteiger partial charge in [-0.1, -0.05) is 0 Å². The van der Waals surface area contributed by atoms with E-state index in [-0.39, 0.29) is 0 Å². The zero-order valence-electron chi connectivity index (χ0n) is 25.1. The van der Waals surface area contributed by atoms with Gasteiger partial charge in [-0.15, -0.1) is 0 Å². The Morgan fingerprint density at radius 2 is 0.450 bits per heavy atom. The molecule has 0 amide bonds. The number of carboxylic acids is 1. The van der Waals surface area contributed by atoms with Gasteiger partial charge in [-0.05, 0) is 0 Å². The number of carbonyl (C=O) groups is 1. The van der Waals surface area contributed by atoms with E-state index in [1.165, 1.54) is 4.74 Å². The first kappa shape index (κ1) is 56.8. The van der Waals surface area contributed by atoms with Crippen molar-refractivity contribution in [2.75, 3.05) is 0 Å². The van der Waals surface area contributed by atoms with E-state index < -0.39 is 109 Å². The SMILES string of the molecule is O=C(O)[C@](F)(OC(F)(F)[C@](F)(OC(F)(F)[C@](F)(OC(F)(F)[C@](F)(OC(F)(F)[C@](F)(OC(F)(F)C(F)(F)C(F)(F)F)C(F)(F)F)C(F)(F)F)C(F)(F)F)C(F)(F)F)C(F)(F)F. The molecule has 7 nitrogen and oxygen atoms in total. The van der Waals surface area contributed by atoms with E-state index in [0.29, 0.717) is 9.47 Å². The van der Waals surface area contributed by atoms with Gasteiger partial charge in [-0.3, -0.25) is 23.7 Å². The van der Waals surface area contributed by atoms with Crippen molar-refractivity contribution in [2.24, 2.45) is 0 Å². The van der Waals surface area contributed by atoms with Crippen molar-refractivity contribution in [3.05, 3.63) is 0 Å². The number of aliphatic carboxylic acids is 1. The molecular formula is C18HF35O7. The summed E-state index contributed by atoms with van der Waals surface area (Å²) in [6, 6.07) is 0. The molecule has 5 atom stereocenters. The average molecular weight is 994 g/mol. The number of ether oxygens (including phenoxy) is 5. The Bertz CT molecular complexity index is 1540. The van der Waals surface area contributed by atoms with Crippen molar-refractivity contribution in [1.29, 1.82) is 0 Å². The van der Waals surface area contributed by atoms with Gasteiger partial charge in [0.25, 0.3) is 0 Å². The minimum Gasteiger partial charge on any atom is -0.477 e. The summed E-state index contributed by atoms with van der Waals surface area (Å²) in [5, 5.41) is 7.98. The van der Waals surface area contributed by atoms with Gasteiger partial charge in [0.05, 0.1) is 0 Å². The minimum atomic E-state index is -9.62. The standard InChI is InChI=1S/C18HF35O7/c19-2(1(54)55,8(26,27)28)56-15(46,47)4(22,10(32,33)34)58-17(50,51)6(24,12(38,39)40)60-18(52,53)7(25,13(41,42)43)59-16(48,49)5(23,11(35,36)37)57-14(44,45)3(20,21)9(29,30)31/h(H,54,55)/t2-,4+,5+,6+,7+/m0/s1. The number of carboxylic acid groups (broad SMARTS) is 1. The third-order valence-corrected chi connectivity index (χ3v) is 5.66. The smallest absolute Gasteiger partial charge is 0.462 e. The third-order valence-electron chi connectivity index (χ3n) is 5.66. The monoisotopic (exact) mass is 994 g/mol. The Balaban J connectivity index is 8.02. The first-order valence-corrected chi connectivity index (χ1v) is 12.1. The molecule has 1 N–H and O–H groups in total.